The van der Waals surface area contributed by atoms with Crippen LogP contribution in [0.1, 0.15) is 32.6 Å². The fraction of sp³-hybridized carbons (Fsp3) is 0.500. The Morgan fingerprint density at radius 3 is 2.18 bits per heavy atom. The average Bonchev–Trinajstić information content (AvgIpc) is 3.53. The van der Waals surface area contributed by atoms with Gasteiger partial charge in [0.25, 0.3) is 5.69 Å². The van der Waals surface area contributed by atoms with Crippen LogP contribution in [0, 0.1) is 32.1 Å². The Morgan fingerprint density at radius 2 is 1.65 bits per heavy atom. The first-order valence-electron chi connectivity index (χ1n) is 11.0. The third kappa shape index (κ3) is 6.14. The third-order valence-electron chi connectivity index (χ3n) is 5.68. The van der Waals surface area contributed by atoms with Crippen molar-refractivity contribution < 1.29 is 19.4 Å². The van der Waals surface area contributed by atoms with Gasteiger partial charge in [0.2, 0.25) is 5.91 Å². The van der Waals surface area contributed by atoms with Gasteiger partial charge in [-0.1, -0.05) is 11.8 Å². The van der Waals surface area contributed by atoms with Crippen molar-refractivity contribution in [3.05, 3.63) is 44.5 Å². The Bertz CT molecular complexity index is 1040. The van der Waals surface area contributed by atoms with E-state index in [0.29, 0.717) is 13.0 Å². The van der Waals surface area contributed by atoms with Crippen LogP contribution in [-0.4, -0.2) is 75.9 Å². The summed E-state index contributed by atoms with van der Waals surface area (Å²) < 4.78 is 0. The van der Waals surface area contributed by atoms with E-state index in [9.17, 15) is 29.8 Å². The monoisotopic (exact) mass is 470 g/mol. The predicted molar refractivity (Wildman–Crippen MR) is 124 cm³/mol. The molecule has 3 aliphatic heterocycles. The molecule has 4 rings (SSSR count). The van der Waals surface area contributed by atoms with Crippen molar-refractivity contribution in [2.45, 2.75) is 38.6 Å². The van der Waals surface area contributed by atoms with Crippen molar-refractivity contribution in [3.8, 4) is 11.8 Å². The van der Waals surface area contributed by atoms with Crippen LogP contribution in [0.2, 0.25) is 0 Å². The lowest BCUT2D eigenvalue weighted by Gasteiger charge is -2.11. The van der Waals surface area contributed by atoms with Gasteiger partial charge in [0, 0.05) is 30.0 Å². The number of carbonyl (C=O) groups is 2. The molecule has 12 nitrogen and oxygen atoms in total. The molecule has 2 fully saturated rings. The highest BCUT2D eigenvalue weighted by Gasteiger charge is 2.43. The number of hydrazone groups is 1. The summed E-state index contributed by atoms with van der Waals surface area (Å²) in [6.45, 7) is 6.18. The second-order valence-electron chi connectivity index (χ2n) is 8.11. The van der Waals surface area contributed by atoms with Crippen LogP contribution in [0.4, 0.5) is 11.4 Å². The number of hydrogen-bond acceptors (Lipinski definition) is 8. The minimum absolute atomic E-state index is 0.0772. The quantitative estimate of drug-likeness (QED) is 0.362. The van der Waals surface area contributed by atoms with Crippen LogP contribution in [0.3, 0.4) is 0 Å². The second-order valence-corrected chi connectivity index (χ2v) is 8.11. The van der Waals surface area contributed by atoms with Crippen LogP contribution < -0.4 is 5.01 Å². The summed E-state index contributed by atoms with van der Waals surface area (Å²) in [4.78, 5) is 47.3. The van der Waals surface area contributed by atoms with Crippen LogP contribution >= 0.6 is 0 Å². The largest absolute Gasteiger partial charge is 0.332 e. The normalized spacial score (nSPS) is 19.9. The molecule has 34 heavy (non-hydrogen) atoms. The first-order valence-corrected chi connectivity index (χ1v) is 11.0. The van der Waals surface area contributed by atoms with E-state index in [1.54, 1.807) is 0 Å². The summed E-state index contributed by atoms with van der Waals surface area (Å²) >= 11 is 0. The van der Waals surface area contributed by atoms with Crippen molar-refractivity contribution in [1.82, 2.24) is 9.80 Å². The van der Waals surface area contributed by atoms with E-state index in [1.165, 1.54) is 57.1 Å². The average molecular weight is 470 g/mol. The number of nitro benzene ring substituents is 1. The van der Waals surface area contributed by atoms with Crippen molar-refractivity contribution in [2.24, 2.45) is 5.10 Å². The molecule has 1 aromatic rings. The Morgan fingerprint density at radius 1 is 1.00 bits per heavy atom. The number of carbonyl (C=O) groups excluding carboxylic acids is 2. The Hall–Kier alpha value is -3.85. The first-order chi connectivity index (χ1) is 16.3. The maximum absolute atomic E-state index is 11.8. The summed E-state index contributed by atoms with van der Waals surface area (Å²) in [6, 6.07) is 3.54. The highest BCUT2D eigenvalue weighted by Crippen LogP contribution is 2.24. The molecule has 1 unspecified atom stereocenters. The van der Waals surface area contributed by atoms with Gasteiger partial charge < -0.3 is 4.90 Å². The molecule has 3 heterocycles. The Kier molecular flexibility index (Phi) is 8.26. The number of likely N-dealkylation sites (tertiary alicyclic amines) is 2. The highest BCUT2D eigenvalue weighted by molar-refractivity contribution is 6.17. The Balaban J connectivity index is 0.000000196. The molecule has 0 bridgehead atoms. The number of benzene rings is 1. The smallest absolute Gasteiger partial charge is 0.331 e. The maximum atomic E-state index is 11.8. The number of nitro groups is 2. The number of anilines is 1. The third-order valence-corrected chi connectivity index (χ3v) is 5.68. The number of nitrogens with zero attached hydrogens (tertiary/aromatic N) is 6. The molecule has 0 aliphatic carbocycles. The van der Waals surface area contributed by atoms with Crippen LogP contribution in [-0.2, 0) is 9.59 Å². The molecular formula is C22H26N6O6. The highest BCUT2D eigenvalue weighted by atomic mass is 16.6. The molecule has 0 saturated carbocycles. The molecule has 3 aliphatic rings. The van der Waals surface area contributed by atoms with Gasteiger partial charge in [0.1, 0.15) is 5.71 Å². The van der Waals surface area contributed by atoms with Gasteiger partial charge in [-0.15, -0.1) is 0 Å². The van der Waals surface area contributed by atoms with E-state index >= 15 is 0 Å². The summed E-state index contributed by atoms with van der Waals surface area (Å²) in [5, 5.41) is 25.9. The predicted octanol–water partition coefficient (Wildman–Crippen LogP) is 1.67. The molecule has 0 N–H and O–H groups in total. The van der Waals surface area contributed by atoms with E-state index in [1.807, 2.05) is 4.90 Å². The van der Waals surface area contributed by atoms with E-state index in [-0.39, 0.29) is 23.0 Å². The van der Waals surface area contributed by atoms with Gasteiger partial charge in [0.15, 0.2) is 0 Å². The van der Waals surface area contributed by atoms with E-state index in [2.05, 4.69) is 21.8 Å². The van der Waals surface area contributed by atoms with Gasteiger partial charge in [-0.25, -0.2) is 0 Å². The molecule has 0 spiro atoms. The van der Waals surface area contributed by atoms with E-state index in [4.69, 9.17) is 0 Å². The van der Waals surface area contributed by atoms with Gasteiger partial charge in [-0.3, -0.25) is 34.7 Å². The second kappa shape index (κ2) is 11.3. The van der Waals surface area contributed by atoms with Gasteiger partial charge in [0.05, 0.1) is 23.7 Å². The summed E-state index contributed by atoms with van der Waals surface area (Å²) in [5.41, 5.74) is 0.189. The lowest BCUT2D eigenvalue weighted by atomic mass is 10.2. The fourth-order valence-corrected chi connectivity index (χ4v) is 3.83. The van der Waals surface area contributed by atoms with Crippen LogP contribution in [0.25, 0.3) is 0 Å². The molecule has 2 saturated heterocycles. The molecule has 180 valence electrons. The number of non-ortho nitro benzene ring substituents is 1. The number of amides is 2. The van der Waals surface area contributed by atoms with Crippen molar-refractivity contribution in [2.75, 3.05) is 37.7 Å². The topological polar surface area (TPSA) is 143 Å². The standard InChI is InChI=1S/C12H18N2O.C10H8N4O5/c15-12-6-5-11-14(12)10-4-3-9-13-7-1-2-8-13;1-6-9(14(18)19)10(15)12(11-6)7-2-4-8(5-3-7)13(16)17/h1-2,5-11H2;2-5,9H,1H3. The molecule has 0 radical (unpaired) electrons. The zero-order chi connectivity index (χ0) is 24.7. The van der Waals surface area contributed by atoms with Crippen molar-refractivity contribution >= 4 is 28.9 Å². The van der Waals surface area contributed by atoms with Crippen LogP contribution in [0.15, 0.2) is 29.4 Å². The van der Waals surface area contributed by atoms with Gasteiger partial charge in [-0.05, 0) is 51.4 Å². The Labute approximate surface area is 196 Å². The molecule has 2 amide bonds. The lowest BCUT2D eigenvalue weighted by molar-refractivity contribution is -0.488. The molecule has 0 aromatic heterocycles. The van der Waals surface area contributed by atoms with E-state index in [0.717, 1.165) is 24.5 Å². The van der Waals surface area contributed by atoms with Crippen LogP contribution in [0.5, 0.6) is 0 Å². The summed E-state index contributed by atoms with van der Waals surface area (Å²) in [6.07, 6.45) is 4.35. The summed E-state index contributed by atoms with van der Waals surface area (Å²) in [5.74, 6) is 5.74. The minimum Gasteiger partial charge on any atom is -0.332 e. The van der Waals surface area contributed by atoms with Gasteiger partial charge in [-0.2, -0.15) is 10.1 Å². The fourth-order valence-electron chi connectivity index (χ4n) is 3.83. The molecular weight excluding hydrogens is 444 g/mol. The maximum Gasteiger partial charge on any atom is 0.331 e. The first kappa shape index (κ1) is 24.8. The lowest BCUT2D eigenvalue weighted by Crippen LogP contribution is -2.37. The van der Waals surface area contributed by atoms with E-state index < -0.39 is 21.8 Å². The SMILES string of the molecule is CC1=NN(c2ccc([N+](=O)[O-])cc2)C(=O)C1[N+](=O)[O-].O=C1CCCN1CC#CCN1CCCC1. The van der Waals surface area contributed by atoms with Gasteiger partial charge >= 0.3 is 11.9 Å². The van der Waals surface area contributed by atoms with Crippen molar-refractivity contribution in [1.29, 1.82) is 0 Å². The van der Waals surface area contributed by atoms with Crippen molar-refractivity contribution in [3.63, 3.8) is 0 Å². The number of rotatable bonds is 5. The zero-order valence-corrected chi connectivity index (χ0v) is 18.9. The summed E-state index contributed by atoms with van der Waals surface area (Å²) in [7, 11) is 0. The number of hydrogen-bond donors (Lipinski definition) is 0. The molecule has 1 atom stereocenters. The molecule has 1 aromatic carbocycles. The molecule has 12 heteroatoms. The minimum atomic E-state index is -1.49. The zero-order valence-electron chi connectivity index (χ0n) is 18.9.